The van der Waals surface area contributed by atoms with Gasteiger partial charge in [-0.25, -0.2) is 4.98 Å². The Bertz CT molecular complexity index is 1180. The first-order chi connectivity index (χ1) is 15.2. The van der Waals surface area contributed by atoms with Gasteiger partial charge in [0.2, 0.25) is 5.13 Å². The predicted molar refractivity (Wildman–Crippen MR) is 113 cm³/mol. The molecule has 0 aliphatic carbocycles. The number of anilines is 1. The molecule has 0 bridgehead atoms. The molecule has 2 aromatic carbocycles. The minimum absolute atomic E-state index is 0.00285. The van der Waals surface area contributed by atoms with Gasteiger partial charge in [-0.2, -0.15) is 23.3 Å². The highest BCUT2D eigenvalue weighted by molar-refractivity contribution is 7.14. The summed E-state index contributed by atoms with van der Waals surface area (Å²) in [6.07, 6.45) is -5.84. The molecule has 2 heterocycles. The van der Waals surface area contributed by atoms with Crippen LogP contribution in [0.15, 0.2) is 52.9 Å². The Morgan fingerprint density at radius 1 is 1.12 bits per heavy atom. The molecular formula is C21H18F3N3O4S. The molecule has 0 saturated heterocycles. The molecule has 32 heavy (non-hydrogen) atoms. The first-order valence-electron chi connectivity index (χ1n) is 9.30. The average Bonchev–Trinajstić information content (AvgIpc) is 3.38. The Morgan fingerprint density at radius 3 is 2.56 bits per heavy atom. The van der Waals surface area contributed by atoms with E-state index in [-0.39, 0.29) is 22.3 Å². The standard InChI is InChI=1S/C21H18F3N3O4S/c1-30-14-6-7-15(18(9-14)31-2)16-10-20(29,21(22,23)24)27(26-16)19-25-17(11-32-19)12-4-3-5-13(28)8-12/h3-9,11,28-29H,10H2,1-2H3. The molecule has 0 radical (unpaired) electrons. The largest absolute Gasteiger partial charge is 0.508 e. The summed E-state index contributed by atoms with van der Waals surface area (Å²) in [6.45, 7) is 0. The second-order valence-electron chi connectivity index (χ2n) is 6.98. The molecule has 1 aliphatic rings. The van der Waals surface area contributed by atoms with Gasteiger partial charge in [-0.05, 0) is 24.3 Å². The lowest BCUT2D eigenvalue weighted by molar-refractivity contribution is -0.254. The van der Waals surface area contributed by atoms with E-state index in [4.69, 9.17) is 9.47 Å². The van der Waals surface area contributed by atoms with E-state index in [1.54, 1.807) is 18.2 Å². The number of aliphatic hydroxyl groups is 1. The molecular weight excluding hydrogens is 447 g/mol. The highest BCUT2D eigenvalue weighted by atomic mass is 32.1. The second-order valence-corrected chi connectivity index (χ2v) is 7.82. The number of hydrogen-bond donors (Lipinski definition) is 2. The smallest absolute Gasteiger partial charge is 0.438 e. The topological polar surface area (TPSA) is 87.4 Å². The van der Waals surface area contributed by atoms with Gasteiger partial charge in [0.05, 0.1) is 32.0 Å². The summed E-state index contributed by atoms with van der Waals surface area (Å²) in [6, 6.07) is 10.8. The number of rotatable bonds is 5. The molecule has 168 valence electrons. The molecule has 3 aromatic rings. The molecule has 2 N–H and O–H groups in total. The van der Waals surface area contributed by atoms with Crippen molar-refractivity contribution in [3.63, 3.8) is 0 Å². The zero-order valence-electron chi connectivity index (χ0n) is 16.9. The molecule has 11 heteroatoms. The van der Waals surface area contributed by atoms with Crippen LogP contribution < -0.4 is 14.5 Å². The maximum absolute atomic E-state index is 14.0. The molecule has 0 saturated carbocycles. The number of benzene rings is 2. The van der Waals surface area contributed by atoms with Crippen molar-refractivity contribution >= 4 is 22.2 Å². The Kier molecular flexibility index (Phi) is 5.47. The lowest BCUT2D eigenvalue weighted by Gasteiger charge is -2.32. The van der Waals surface area contributed by atoms with Gasteiger partial charge in [-0.15, -0.1) is 11.3 Å². The van der Waals surface area contributed by atoms with Gasteiger partial charge in [0.25, 0.3) is 5.72 Å². The first kappa shape index (κ1) is 21.9. The molecule has 0 fully saturated rings. The molecule has 1 aromatic heterocycles. The van der Waals surface area contributed by atoms with E-state index in [0.29, 0.717) is 27.6 Å². The zero-order valence-corrected chi connectivity index (χ0v) is 17.7. The van der Waals surface area contributed by atoms with Crippen LogP contribution in [0.1, 0.15) is 12.0 Å². The number of aromatic hydroxyl groups is 1. The molecule has 7 nitrogen and oxygen atoms in total. The monoisotopic (exact) mass is 465 g/mol. The predicted octanol–water partition coefficient (Wildman–Crippen LogP) is 4.40. The van der Waals surface area contributed by atoms with E-state index < -0.39 is 18.3 Å². The van der Waals surface area contributed by atoms with Crippen molar-refractivity contribution in [2.24, 2.45) is 5.10 Å². The van der Waals surface area contributed by atoms with Crippen molar-refractivity contribution in [2.45, 2.75) is 18.3 Å². The van der Waals surface area contributed by atoms with Gasteiger partial charge in [0.15, 0.2) is 0 Å². The maximum atomic E-state index is 14.0. The number of alkyl halides is 3. The Morgan fingerprint density at radius 2 is 1.91 bits per heavy atom. The van der Waals surface area contributed by atoms with Gasteiger partial charge in [0, 0.05) is 22.6 Å². The number of methoxy groups -OCH3 is 2. The number of hydrogen-bond acceptors (Lipinski definition) is 8. The van der Waals surface area contributed by atoms with Gasteiger partial charge in [-0.3, -0.25) is 0 Å². The number of hydrazone groups is 1. The third kappa shape index (κ3) is 3.73. The summed E-state index contributed by atoms with van der Waals surface area (Å²) in [7, 11) is 2.84. The van der Waals surface area contributed by atoms with Crippen LogP contribution in [0.4, 0.5) is 18.3 Å². The SMILES string of the molecule is COc1ccc(C2=NN(c3nc(-c4cccc(O)c4)cs3)C(O)(C(F)(F)F)C2)c(OC)c1. The lowest BCUT2D eigenvalue weighted by Crippen LogP contribution is -2.55. The highest BCUT2D eigenvalue weighted by Crippen LogP contribution is 2.46. The van der Waals surface area contributed by atoms with E-state index >= 15 is 0 Å². The fourth-order valence-electron chi connectivity index (χ4n) is 3.31. The summed E-state index contributed by atoms with van der Waals surface area (Å²) < 4.78 is 52.4. The van der Waals surface area contributed by atoms with Crippen molar-refractivity contribution in [2.75, 3.05) is 19.2 Å². The van der Waals surface area contributed by atoms with Crippen LogP contribution >= 0.6 is 11.3 Å². The first-order valence-corrected chi connectivity index (χ1v) is 10.2. The van der Waals surface area contributed by atoms with Gasteiger partial charge in [-0.1, -0.05) is 12.1 Å². The van der Waals surface area contributed by atoms with E-state index in [2.05, 4.69) is 10.1 Å². The van der Waals surface area contributed by atoms with E-state index in [9.17, 15) is 23.4 Å². The van der Waals surface area contributed by atoms with Crippen LogP contribution in [0.25, 0.3) is 11.3 Å². The van der Waals surface area contributed by atoms with E-state index in [1.165, 1.54) is 43.9 Å². The molecule has 1 atom stereocenters. The number of aromatic nitrogens is 1. The van der Waals surface area contributed by atoms with E-state index in [0.717, 1.165) is 11.3 Å². The van der Waals surface area contributed by atoms with Crippen molar-refractivity contribution < 1.29 is 32.9 Å². The quantitative estimate of drug-likeness (QED) is 0.581. The summed E-state index contributed by atoms with van der Waals surface area (Å²) in [5.41, 5.74) is -2.15. The summed E-state index contributed by atoms with van der Waals surface area (Å²) in [4.78, 5) is 4.23. The average molecular weight is 465 g/mol. The third-order valence-corrected chi connectivity index (χ3v) is 5.79. The highest BCUT2D eigenvalue weighted by Gasteiger charge is 2.62. The van der Waals surface area contributed by atoms with E-state index in [1.807, 2.05) is 0 Å². The Hall–Kier alpha value is -3.31. The number of phenols is 1. The van der Waals surface area contributed by atoms with Crippen LogP contribution in [0.3, 0.4) is 0 Å². The fourth-order valence-corrected chi connectivity index (χ4v) is 4.16. The summed E-state index contributed by atoms with van der Waals surface area (Å²) in [5, 5.41) is 26.3. The summed E-state index contributed by atoms with van der Waals surface area (Å²) >= 11 is 0.894. The Labute approximate surface area is 185 Å². The van der Waals surface area contributed by atoms with Gasteiger partial charge < -0.3 is 19.7 Å². The molecule has 0 amide bonds. The number of phenolic OH excluding ortho intramolecular Hbond substituents is 1. The van der Waals surface area contributed by atoms with Crippen molar-refractivity contribution in [3.8, 4) is 28.5 Å². The number of nitrogens with zero attached hydrogens (tertiary/aromatic N) is 3. The minimum atomic E-state index is -5.02. The maximum Gasteiger partial charge on any atom is 0.438 e. The summed E-state index contributed by atoms with van der Waals surface area (Å²) in [5.74, 6) is 0.716. The van der Waals surface area contributed by atoms with Gasteiger partial charge in [0.1, 0.15) is 17.2 Å². The van der Waals surface area contributed by atoms with Crippen molar-refractivity contribution in [1.29, 1.82) is 0 Å². The number of halogens is 3. The van der Waals surface area contributed by atoms with Crippen LogP contribution in [0.5, 0.6) is 17.2 Å². The molecule has 1 aliphatic heterocycles. The zero-order chi connectivity index (χ0) is 23.1. The van der Waals surface area contributed by atoms with Crippen LogP contribution in [0.2, 0.25) is 0 Å². The van der Waals surface area contributed by atoms with Crippen LogP contribution in [-0.4, -0.2) is 47.0 Å². The third-order valence-electron chi connectivity index (χ3n) is 4.97. The lowest BCUT2D eigenvalue weighted by atomic mass is 10.00. The van der Waals surface area contributed by atoms with Crippen LogP contribution in [0, 0.1) is 0 Å². The van der Waals surface area contributed by atoms with Crippen LogP contribution in [-0.2, 0) is 0 Å². The van der Waals surface area contributed by atoms with Gasteiger partial charge >= 0.3 is 6.18 Å². The number of thiazole rings is 1. The number of ether oxygens (including phenoxy) is 2. The molecule has 4 rings (SSSR count). The minimum Gasteiger partial charge on any atom is -0.508 e. The molecule has 0 spiro atoms. The Balaban J connectivity index is 1.78. The van der Waals surface area contributed by atoms with Crippen molar-refractivity contribution in [1.82, 2.24) is 4.98 Å². The van der Waals surface area contributed by atoms with Crippen molar-refractivity contribution in [3.05, 3.63) is 53.4 Å². The second kappa shape index (κ2) is 7.99. The molecule has 1 unspecified atom stereocenters. The normalized spacial score (nSPS) is 18.6. The fraction of sp³-hybridized carbons (Fsp3) is 0.238.